The van der Waals surface area contributed by atoms with E-state index in [2.05, 4.69) is 35.1 Å². The summed E-state index contributed by atoms with van der Waals surface area (Å²) in [5.41, 5.74) is 3.91. The van der Waals surface area contributed by atoms with Crippen LogP contribution in [0.15, 0.2) is 40.9 Å². The van der Waals surface area contributed by atoms with Crippen molar-refractivity contribution in [2.45, 2.75) is 40.5 Å². The third-order valence-corrected chi connectivity index (χ3v) is 7.35. The molecule has 5 nitrogen and oxygen atoms in total. The molecule has 180 valence electrons. The van der Waals surface area contributed by atoms with Crippen molar-refractivity contribution < 1.29 is 19.1 Å². The van der Waals surface area contributed by atoms with Crippen LogP contribution in [0.4, 0.5) is 5.00 Å². The number of nitrogens with one attached hydrogen (secondary N) is 1. The van der Waals surface area contributed by atoms with Crippen molar-refractivity contribution in [3.63, 3.8) is 0 Å². The average Bonchev–Trinajstić information content (AvgIpc) is 3.10. The highest BCUT2D eigenvalue weighted by atomic mass is 79.9. The van der Waals surface area contributed by atoms with Gasteiger partial charge in [-0.15, -0.1) is 11.3 Å². The van der Waals surface area contributed by atoms with E-state index >= 15 is 0 Å². The first-order valence-corrected chi connectivity index (χ1v) is 12.9. The standard InChI is InChI=1S/C26H27BrClNO4S/c1-6-32-26(31)24-23(17-7-9-18(28)10-8-17)16(5)34-25(24)29-22(30)13-33-21-11-15(4)20(27)12-19(21)14(2)3/h7-12,14H,6,13H2,1-5H3,(H,29,30). The van der Waals surface area contributed by atoms with E-state index in [0.29, 0.717) is 21.3 Å². The number of hydrogen-bond acceptors (Lipinski definition) is 5. The van der Waals surface area contributed by atoms with Crippen molar-refractivity contribution in [1.29, 1.82) is 0 Å². The van der Waals surface area contributed by atoms with Gasteiger partial charge in [-0.1, -0.05) is 53.5 Å². The number of benzene rings is 2. The molecule has 1 aromatic heterocycles. The molecule has 1 N–H and O–H groups in total. The number of anilines is 1. The van der Waals surface area contributed by atoms with E-state index in [4.69, 9.17) is 21.1 Å². The predicted molar refractivity (Wildman–Crippen MR) is 143 cm³/mol. The molecule has 0 unspecified atom stereocenters. The lowest BCUT2D eigenvalue weighted by molar-refractivity contribution is -0.118. The summed E-state index contributed by atoms with van der Waals surface area (Å²) < 4.78 is 12.2. The van der Waals surface area contributed by atoms with Crippen LogP contribution >= 0.6 is 38.9 Å². The van der Waals surface area contributed by atoms with Crippen molar-refractivity contribution in [2.24, 2.45) is 0 Å². The number of ether oxygens (including phenoxy) is 2. The number of rotatable bonds is 8. The second-order valence-corrected chi connectivity index (χ2v) is 10.6. The van der Waals surface area contributed by atoms with Crippen LogP contribution in [0.1, 0.15) is 53.1 Å². The molecule has 0 aliphatic carbocycles. The summed E-state index contributed by atoms with van der Waals surface area (Å²) in [5, 5.41) is 3.89. The first kappa shape index (κ1) is 26.3. The Morgan fingerprint density at radius 3 is 2.44 bits per heavy atom. The van der Waals surface area contributed by atoms with Gasteiger partial charge in [-0.25, -0.2) is 4.79 Å². The fourth-order valence-electron chi connectivity index (χ4n) is 3.55. The van der Waals surface area contributed by atoms with Gasteiger partial charge in [0, 0.05) is 19.9 Å². The largest absolute Gasteiger partial charge is 0.483 e. The molecular formula is C26H27BrClNO4S. The van der Waals surface area contributed by atoms with E-state index in [9.17, 15) is 9.59 Å². The first-order valence-electron chi connectivity index (χ1n) is 10.9. The summed E-state index contributed by atoms with van der Waals surface area (Å²) in [7, 11) is 0. The van der Waals surface area contributed by atoms with Crippen molar-refractivity contribution in [2.75, 3.05) is 18.5 Å². The minimum absolute atomic E-state index is 0.184. The van der Waals surface area contributed by atoms with Gasteiger partial charge in [0.05, 0.1) is 6.61 Å². The normalized spacial score (nSPS) is 10.9. The molecule has 1 heterocycles. The van der Waals surface area contributed by atoms with Crippen LogP contribution in [-0.2, 0) is 9.53 Å². The maximum Gasteiger partial charge on any atom is 0.341 e. The van der Waals surface area contributed by atoms with Gasteiger partial charge in [-0.2, -0.15) is 0 Å². The molecule has 0 aliphatic heterocycles. The lowest BCUT2D eigenvalue weighted by atomic mass is 10.0. The minimum atomic E-state index is -0.487. The molecule has 8 heteroatoms. The van der Waals surface area contributed by atoms with Crippen LogP contribution in [0.2, 0.25) is 5.02 Å². The SMILES string of the molecule is CCOC(=O)c1c(NC(=O)COc2cc(C)c(Br)cc2C(C)C)sc(C)c1-c1ccc(Cl)cc1. The molecule has 3 aromatic rings. The van der Waals surface area contributed by atoms with Crippen molar-refractivity contribution in [3.8, 4) is 16.9 Å². The van der Waals surface area contributed by atoms with E-state index in [1.807, 2.05) is 38.1 Å². The molecule has 0 atom stereocenters. The maximum absolute atomic E-state index is 12.9. The summed E-state index contributed by atoms with van der Waals surface area (Å²) >= 11 is 10.9. The van der Waals surface area contributed by atoms with Gasteiger partial charge >= 0.3 is 5.97 Å². The molecule has 3 rings (SSSR count). The molecule has 0 bridgehead atoms. The number of amides is 1. The lowest BCUT2D eigenvalue weighted by Gasteiger charge is -2.16. The van der Waals surface area contributed by atoms with Gasteiger partial charge in [0.25, 0.3) is 5.91 Å². The molecule has 0 radical (unpaired) electrons. The lowest BCUT2D eigenvalue weighted by Crippen LogP contribution is -2.21. The Kier molecular flexibility index (Phi) is 8.79. The molecule has 2 aromatic carbocycles. The van der Waals surface area contributed by atoms with E-state index < -0.39 is 5.97 Å². The van der Waals surface area contributed by atoms with Crippen LogP contribution in [0.25, 0.3) is 11.1 Å². The number of carbonyl (C=O) groups excluding carboxylic acids is 2. The molecular weight excluding hydrogens is 538 g/mol. The Balaban J connectivity index is 1.87. The quantitative estimate of drug-likeness (QED) is 0.284. The van der Waals surface area contributed by atoms with E-state index in [1.165, 1.54) is 11.3 Å². The molecule has 0 saturated carbocycles. The smallest absolute Gasteiger partial charge is 0.341 e. The van der Waals surface area contributed by atoms with E-state index in [0.717, 1.165) is 31.6 Å². The summed E-state index contributed by atoms with van der Waals surface area (Å²) in [6.07, 6.45) is 0. The summed E-state index contributed by atoms with van der Waals surface area (Å²) in [5.74, 6) is 0.0521. The first-order chi connectivity index (χ1) is 16.1. The third kappa shape index (κ3) is 6.01. The highest BCUT2D eigenvalue weighted by Gasteiger charge is 2.25. The van der Waals surface area contributed by atoms with Crippen LogP contribution < -0.4 is 10.1 Å². The van der Waals surface area contributed by atoms with Crippen molar-refractivity contribution >= 4 is 55.7 Å². The zero-order chi connectivity index (χ0) is 25.0. The van der Waals surface area contributed by atoms with Gasteiger partial charge in [0.1, 0.15) is 16.3 Å². The number of hydrogen-bond donors (Lipinski definition) is 1. The number of esters is 1. The summed E-state index contributed by atoms with van der Waals surface area (Å²) in [6, 6.07) is 11.2. The zero-order valence-electron chi connectivity index (χ0n) is 19.8. The Morgan fingerprint density at radius 2 is 1.82 bits per heavy atom. The van der Waals surface area contributed by atoms with Gasteiger partial charge in [0.15, 0.2) is 6.61 Å². The summed E-state index contributed by atoms with van der Waals surface area (Å²) in [4.78, 5) is 26.6. The molecule has 34 heavy (non-hydrogen) atoms. The molecule has 0 saturated heterocycles. The van der Waals surface area contributed by atoms with Crippen molar-refractivity contribution in [1.82, 2.24) is 0 Å². The number of thiophene rings is 1. The number of carbonyl (C=O) groups is 2. The maximum atomic E-state index is 12.9. The van der Waals surface area contributed by atoms with Gasteiger partial charge in [-0.05, 0) is 67.6 Å². The van der Waals surface area contributed by atoms with E-state index in [-0.39, 0.29) is 25.0 Å². The molecule has 0 spiro atoms. The highest BCUT2D eigenvalue weighted by Crippen LogP contribution is 2.41. The second kappa shape index (κ2) is 11.4. The summed E-state index contributed by atoms with van der Waals surface area (Å²) in [6.45, 7) is 9.81. The monoisotopic (exact) mass is 563 g/mol. The van der Waals surface area contributed by atoms with Crippen LogP contribution in [0.3, 0.4) is 0 Å². The van der Waals surface area contributed by atoms with Gasteiger partial charge in [-0.3, -0.25) is 4.79 Å². The highest BCUT2D eigenvalue weighted by molar-refractivity contribution is 9.10. The van der Waals surface area contributed by atoms with Crippen molar-refractivity contribution in [3.05, 3.63) is 67.5 Å². The Morgan fingerprint density at radius 1 is 1.15 bits per heavy atom. The Labute approximate surface area is 217 Å². The predicted octanol–water partition coefficient (Wildman–Crippen LogP) is 7.77. The van der Waals surface area contributed by atoms with Crippen LogP contribution in [0, 0.1) is 13.8 Å². The van der Waals surface area contributed by atoms with Crippen LogP contribution in [-0.4, -0.2) is 25.1 Å². The van der Waals surface area contributed by atoms with Gasteiger partial charge in [0.2, 0.25) is 0 Å². The zero-order valence-corrected chi connectivity index (χ0v) is 22.9. The minimum Gasteiger partial charge on any atom is -0.483 e. The molecule has 0 fully saturated rings. The third-order valence-electron chi connectivity index (χ3n) is 5.22. The second-order valence-electron chi connectivity index (χ2n) is 8.10. The fourth-order valence-corrected chi connectivity index (χ4v) is 5.12. The van der Waals surface area contributed by atoms with E-state index in [1.54, 1.807) is 19.1 Å². The molecule has 1 amide bonds. The van der Waals surface area contributed by atoms with Gasteiger partial charge < -0.3 is 14.8 Å². The van der Waals surface area contributed by atoms with Crippen LogP contribution in [0.5, 0.6) is 5.75 Å². The molecule has 0 aliphatic rings. The average molecular weight is 565 g/mol. The number of halogens is 2. The Bertz CT molecular complexity index is 1200. The Hall–Kier alpha value is -2.35. The fraction of sp³-hybridized carbons (Fsp3) is 0.308. The topological polar surface area (TPSA) is 64.6 Å². The number of aryl methyl sites for hydroxylation is 2.